The fourth-order valence-electron chi connectivity index (χ4n) is 2.60. The van der Waals surface area contributed by atoms with Crippen LogP contribution in [0.15, 0.2) is 18.2 Å². The molecule has 6 nitrogen and oxygen atoms in total. The summed E-state index contributed by atoms with van der Waals surface area (Å²) in [7, 11) is 0. The van der Waals surface area contributed by atoms with Crippen LogP contribution in [0.25, 0.3) is 0 Å². The quantitative estimate of drug-likeness (QED) is 0.681. The number of benzene rings is 1. The molecule has 2 atom stereocenters. The van der Waals surface area contributed by atoms with Crippen molar-refractivity contribution in [2.75, 3.05) is 13.1 Å². The molecule has 1 fully saturated rings. The lowest BCUT2D eigenvalue weighted by Gasteiger charge is -2.15. The molecule has 0 unspecified atom stereocenters. The van der Waals surface area contributed by atoms with E-state index in [0.717, 1.165) is 0 Å². The van der Waals surface area contributed by atoms with Crippen LogP contribution in [0.4, 0.5) is 5.69 Å². The van der Waals surface area contributed by atoms with Crippen LogP contribution in [0, 0.1) is 22.0 Å². The van der Waals surface area contributed by atoms with E-state index >= 15 is 0 Å². The zero-order valence-electron chi connectivity index (χ0n) is 11.0. The molecule has 1 aliphatic rings. The highest BCUT2D eigenvalue weighted by Gasteiger charge is 2.35. The van der Waals surface area contributed by atoms with Crippen molar-refractivity contribution in [2.45, 2.75) is 13.5 Å². The minimum atomic E-state index is -0.814. The summed E-state index contributed by atoms with van der Waals surface area (Å²) in [6.07, 6.45) is 0. The molecule has 108 valence electrons. The average Bonchev–Trinajstić information content (AvgIpc) is 2.72. The monoisotopic (exact) mass is 298 g/mol. The van der Waals surface area contributed by atoms with Gasteiger partial charge in [-0.05, 0) is 18.1 Å². The minimum Gasteiger partial charge on any atom is -0.481 e. The Balaban J connectivity index is 2.15. The summed E-state index contributed by atoms with van der Waals surface area (Å²) in [6.45, 7) is 3.28. The number of nitro groups is 1. The summed E-state index contributed by atoms with van der Waals surface area (Å²) in [4.78, 5) is 23.6. The van der Waals surface area contributed by atoms with Crippen molar-refractivity contribution in [1.82, 2.24) is 4.90 Å². The Labute approximate surface area is 121 Å². The van der Waals surface area contributed by atoms with E-state index in [2.05, 4.69) is 0 Å². The molecule has 7 heteroatoms. The maximum Gasteiger partial charge on any atom is 0.308 e. The number of carboxylic acids is 1. The first-order chi connectivity index (χ1) is 9.38. The van der Waals surface area contributed by atoms with E-state index in [0.29, 0.717) is 30.2 Å². The molecule has 1 aliphatic heterocycles. The number of nitrogens with zero attached hydrogens (tertiary/aromatic N) is 2. The SMILES string of the molecule is C[C@@H]1CN(Cc2ccc(Cl)cc2[N+](=O)[O-])C[C@H]1C(=O)O. The lowest BCUT2D eigenvalue weighted by Crippen LogP contribution is -2.23. The molecule has 20 heavy (non-hydrogen) atoms. The van der Waals surface area contributed by atoms with E-state index in [1.807, 2.05) is 11.8 Å². The largest absolute Gasteiger partial charge is 0.481 e. The second-order valence-electron chi connectivity index (χ2n) is 5.15. The summed E-state index contributed by atoms with van der Waals surface area (Å²) < 4.78 is 0. The topological polar surface area (TPSA) is 83.7 Å². The number of likely N-dealkylation sites (tertiary alicyclic amines) is 1. The van der Waals surface area contributed by atoms with Crippen molar-refractivity contribution in [3.63, 3.8) is 0 Å². The van der Waals surface area contributed by atoms with E-state index in [1.54, 1.807) is 12.1 Å². The van der Waals surface area contributed by atoms with Crippen LogP contribution in [-0.2, 0) is 11.3 Å². The van der Waals surface area contributed by atoms with Crippen molar-refractivity contribution in [1.29, 1.82) is 0 Å². The molecule has 0 aromatic heterocycles. The van der Waals surface area contributed by atoms with Gasteiger partial charge in [0.1, 0.15) is 0 Å². The Morgan fingerprint density at radius 1 is 1.55 bits per heavy atom. The van der Waals surface area contributed by atoms with E-state index < -0.39 is 16.8 Å². The van der Waals surface area contributed by atoms with Gasteiger partial charge in [0.05, 0.1) is 10.8 Å². The standard InChI is InChI=1S/C13H15ClN2O4/c1-8-5-15(7-11(8)13(17)18)6-9-2-3-10(14)4-12(9)16(19)20/h2-4,8,11H,5-7H2,1H3,(H,17,18)/t8-,11-/m1/s1. The van der Waals surface area contributed by atoms with Crippen LogP contribution in [0.2, 0.25) is 5.02 Å². The second kappa shape index (κ2) is 5.76. The van der Waals surface area contributed by atoms with Crippen LogP contribution in [-0.4, -0.2) is 34.0 Å². The Morgan fingerprint density at radius 2 is 2.25 bits per heavy atom. The highest BCUT2D eigenvalue weighted by molar-refractivity contribution is 6.30. The van der Waals surface area contributed by atoms with Crippen molar-refractivity contribution in [2.24, 2.45) is 11.8 Å². The number of carbonyl (C=O) groups is 1. The van der Waals surface area contributed by atoms with E-state index in [9.17, 15) is 14.9 Å². The van der Waals surface area contributed by atoms with Gasteiger partial charge in [-0.25, -0.2) is 0 Å². The number of rotatable bonds is 4. The number of hydrogen-bond donors (Lipinski definition) is 1. The first-order valence-corrected chi connectivity index (χ1v) is 6.64. The van der Waals surface area contributed by atoms with Crippen molar-refractivity contribution >= 4 is 23.3 Å². The first-order valence-electron chi connectivity index (χ1n) is 6.26. The molecule has 1 aromatic rings. The molecule has 0 radical (unpaired) electrons. The Hall–Kier alpha value is -1.66. The summed E-state index contributed by atoms with van der Waals surface area (Å²) in [5, 5.41) is 20.4. The highest BCUT2D eigenvalue weighted by atomic mass is 35.5. The molecule has 0 amide bonds. The van der Waals surface area contributed by atoms with Crippen LogP contribution in [0.1, 0.15) is 12.5 Å². The molecular formula is C13H15ClN2O4. The zero-order chi connectivity index (χ0) is 14.9. The molecule has 1 N–H and O–H groups in total. The van der Waals surface area contributed by atoms with Crippen LogP contribution in [0.3, 0.4) is 0 Å². The predicted octanol–water partition coefficient (Wildman–Crippen LogP) is 2.40. The van der Waals surface area contributed by atoms with Crippen molar-refractivity contribution < 1.29 is 14.8 Å². The second-order valence-corrected chi connectivity index (χ2v) is 5.58. The molecule has 1 saturated heterocycles. The van der Waals surface area contributed by atoms with E-state index in [4.69, 9.17) is 16.7 Å². The van der Waals surface area contributed by atoms with Gasteiger partial charge < -0.3 is 5.11 Å². The van der Waals surface area contributed by atoms with Gasteiger partial charge in [-0.2, -0.15) is 0 Å². The molecular weight excluding hydrogens is 284 g/mol. The Bertz CT molecular complexity index is 549. The summed E-state index contributed by atoms with van der Waals surface area (Å²) in [5.74, 6) is -1.19. The molecule has 0 bridgehead atoms. The number of halogens is 1. The maximum absolute atomic E-state index is 11.1. The first kappa shape index (κ1) is 14.7. The van der Waals surface area contributed by atoms with Crippen LogP contribution < -0.4 is 0 Å². The molecule has 0 spiro atoms. The summed E-state index contributed by atoms with van der Waals surface area (Å²) >= 11 is 5.77. The summed E-state index contributed by atoms with van der Waals surface area (Å²) in [5.41, 5.74) is 0.529. The average molecular weight is 299 g/mol. The van der Waals surface area contributed by atoms with Crippen molar-refractivity contribution in [3.05, 3.63) is 38.9 Å². The third kappa shape index (κ3) is 3.08. The molecule has 2 rings (SSSR count). The number of carboxylic acid groups (broad SMARTS) is 1. The minimum absolute atomic E-state index is 0.0241. The molecule has 0 saturated carbocycles. The van der Waals surface area contributed by atoms with Crippen molar-refractivity contribution in [3.8, 4) is 0 Å². The number of aliphatic carboxylic acids is 1. The van der Waals surface area contributed by atoms with E-state index in [1.165, 1.54) is 6.07 Å². The van der Waals surface area contributed by atoms with Gasteiger partial charge in [-0.15, -0.1) is 0 Å². The number of nitro benzene ring substituents is 1. The zero-order valence-corrected chi connectivity index (χ0v) is 11.7. The lowest BCUT2D eigenvalue weighted by atomic mass is 9.99. The molecule has 1 heterocycles. The molecule has 0 aliphatic carbocycles. The van der Waals surface area contributed by atoms with Gasteiger partial charge >= 0.3 is 5.97 Å². The summed E-state index contributed by atoms with van der Waals surface area (Å²) in [6, 6.07) is 4.56. The fourth-order valence-corrected chi connectivity index (χ4v) is 2.77. The van der Waals surface area contributed by atoms with Gasteiger partial charge in [0.15, 0.2) is 0 Å². The number of hydrogen-bond acceptors (Lipinski definition) is 4. The lowest BCUT2D eigenvalue weighted by molar-refractivity contribution is -0.385. The predicted molar refractivity (Wildman–Crippen MR) is 73.7 cm³/mol. The smallest absolute Gasteiger partial charge is 0.308 e. The van der Waals surface area contributed by atoms with Gasteiger partial charge in [0.2, 0.25) is 0 Å². The van der Waals surface area contributed by atoms with Gasteiger partial charge in [0, 0.05) is 36.3 Å². The Kier molecular flexibility index (Phi) is 4.25. The third-order valence-corrected chi connectivity index (χ3v) is 3.88. The van der Waals surface area contributed by atoms with E-state index in [-0.39, 0.29) is 11.6 Å². The normalized spacial score (nSPS) is 22.9. The third-order valence-electron chi connectivity index (χ3n) is 3.64. The fraction of sp³-hybridized carbons (Fsp3) is 0.462. The van der Waals surface area contributed by atoms with Gasteiger partial charge in [0.25, 0.3) is 5.69 Å². The maximum atomic E-state index is 11.1. The Morgan fingerprint density at radius 3 is 2.80 bits per heavy atom. The van der Waals surface area contributed by atoms with Crippen LogP contribution in [0.5, 0.6) is 0 Å². The van der Waals surface area contributed by atoms with Gasteiger partial charge in [-0.3, -0.25) is 19.8 Å². The van der Waals surface area contributed by atoms with Crippen LogP contribution >= 0.6 is 11.6 Å². The highest BCUT2D eigenvalue weighted by Crippen LogP contribution is 2.28. The van der Waals surface area contributed by atoms with Gasteiger partial charge in [-0.1, -0.05) is 18.5 Å². The molecule has 1 aromatic carbocycles.